The van der Waals surface area contributed by atoms with E-state index >= 15 is 0 Å². The zero-order valence-corrected chi connectivity index (χ0v) is 14.5. The smallest absolute Gasteiger partial charge is 0.152 e. The molecule has 1 fully saturated rings. The highest BCUT2D eigenvalue weighted by Gasteiger charge is 2.34. The average molecular weight is 444 g/mol. The van der Waals surface area contributed by atoms with Gasteiger partial charge in [-0.05, 0) is 76.0 Å². The van der Waals surface area contributed by atoms with E-state index in [-0.39, 0.29) is 11.3 Å². The monoisotopic (exact) mass is 443 g/mol. The van der Waals surface area contributed by atoms with Gasteiger partial charge in [0.1, 0.15) is 0 Å². The Bertz CT molecular complexity index is 547. The van der Waals surface area contributed by atoms with E-state index in [4.69, 9.17) is 0 Å². The van der Waals surface area contributed by atoms with Crippen molar-refractivity contribution in [3.63, 3.8) is 0 Å². The van der Waals surface area contributed by atoms with Gasteiger partial charge >= 0.3 is 0 Å². The third-order valence-electron chi connectivity index (χ3n) is 3.27. The van der Waals surface area contributed by atoms with Crippen molar-refractivity contribution in [1.82, 2.24) is 0 Å². The fraction of sp³-hybridized carbons (Fsp3) is 0.500. The first-order chi connectivity index (χ1) is 8.38. The normalized spacial score (nSPS) is 24.2. The summed E-state index contributed by atoms with van der Waals surface area (Å²) in [7, 11) is -2.97. The molecule has 1 N–H and O–H groups in total. The maximum Gasteiger partial charge on any atom is 0.152 e. The average Bonchev–Trinajstić information content (AvgIpc) is 2.71. The van der Waals surface area contributed by atoms with Crippen LogP contribution in [0.4, 0.5) is 5.69 Å². The van der Waals surface area contributed by atoms with Crippen LogP contribution in [0.5, 0.6) is 0 Å². The fourth-order valence-corrected chi connectivity index (χ4v) is 4.66. The van der Waals surface area contributed by atoms with Crippen LogP contribution >= 0.6 is 38.5 Å². The van der Waals surface area contributed by atoms with Crippen LogP contribution in [-0.4, -0.2) is 26.0 Å². The predicted octanol–water partition coefficient (Wildman–Crippen LogP) is 3.43. The van der Waals surface area contributed by atoms with Crippen LogP contribution in [0.15, 0.2) is 22.7 Å². The summed E-state index contributed by atoms with van der Waals surface area (Å²) in [6, 6.07) is 6.05. The molecule has 3 nitrogen and oxygen atoms in total. The Hall–Kier alpha value is 0.180. The number of hydrogen-bond acceptors (Lipinski definition) is 3. The third kappa shape index (κ3) is 3.39. The lowest BCUT2D eigenvalue weighted by atomic mass is 10.2. The van der Waals surface area contributed by atoms with Crippen LogP contribution in [0, 0.1) is 3.57 Å². The molecule has 1 aliphatic rings. The second-order valence-corrected chi connectivity index (χ2v) is 9.04. The minimum Gasteiger partial charge on any atom is -0.380 e. The van der Waals surface area contributed by atoms with Gasteiger partial charge in [0.25, 0.3) is 0 Å². The lowest BCUT2D eigenvalue weighted by Crippen LogP contribution is -2.34. The number of sulfone groups is 1. The molecule has 1 saturated carbocycles. The van der Waals surface area contributed by atoms with E-state index < -0.39 is 9.84 Å². The Morgan fingerprint density at radius 2 is 2.11 bits per heavy atom. The van der Waals surface area contributed by atoms with E-state index in [0.717, 1.165) is 33.0 Å². The molecule has 18 heavy (non-hydrogen) atoms. The topological polar surface area (TPSA) is 46.2 Å². The summed E-state index contributed by atoms with van der Waals surface area (Å²) < 4.78 is 25.6. The van der Waals surface area contributed by atoms with Gasteiger partial charge in [-0.2, -0.15) is 0 Å². The molecule has 0 radical (unpaired) electrons. The molecular weight excluding hydrogens is 429 g/mol. The SMILES string of the molecule is CS(=O)(=O)C1CCCC1Nc1cc(I)ccc1Br. The molecule has 0 saturated heterocycles. The Balaban J connectivity index is 2.21. The van der Waals surface area contributed by atoms with E-state index in [1.54, 1.807) is 0 Å². The third-order valence-corrected chi connectivity index (χ3v) is 6.30. The van der Waals surface area contributed by atoms with Gasteiger partial charge < -0.3 is 5.32 Å². The molecule has 2 unspecified atom stereocenters. The lowest BCUT2D eigenvalue weighted by molar-refractivity contribution is 0.579. The molecule has 0 bridgehead atoms. The number of nitrogens with one attached hydrogen (secondary N) is 1. The van der Waals surface area contributed by atoms with E-state index in [1.807, 2.05) is 18.2 Å². The largest absolute Gasteiger partial charge is 0.380 e. The Morgan fingerprint density at radius 1 is 1.39 bits per heavy atom. The van der Waals surface area contributed by atoms with Gasteiger partial charge in [-0.15, -0.1) is 0 Å². The first-order valence-electron chi connectivity index (χ1n) is 5.78. The molecule has 2 rings (SSSR count). The Kier molecular flexibility index (Phi) is 4.59. The molecule has 0 aromatic heterocycles. The van der Waals surface area contributed by atoms with Crippen LogP contribution < -0.4 is 5.32 Å². The number of anilines is 1. The molecule has 6 heteroatoms. The van der Waals surface area contributed by atoms with Crippen molar-refractivity contribution in [1.29, 1.82) is 0 Å². The molecule has 1 aromatic carbocycles. The highest BCUT2D eigenvalue weighted by molar-refractivity contribution is 14.1. The van der Waals surface area contributed by atoms with Gasteiger partial charge in [0.15, 0.2) is 9.84 Å². The van der Waals surface area contributed by atoms with Gasteiger partial charge in [0.05, 0.1) is 5.25 Å². The van der Waals surface area contributed by atoms with Crippen molar-refractivity contribution >= 4 is 54.0 Å². The minimum atomic E-state index is -2.97. The number of halogens is 2. The van der Waals surface area contributed by atoms with E-state index in [2.05, 4.69) is 43.8 Å². The fourth-order valence-electron chi connectivity index (χ4n) is 2.41. The summed E-state index contributed by atoms with van der Waals surface area (Å²) in [5, 5.41) is 3.11. The second-order valence-electron chi connectivity index (χ2n) is 4.67. The molecule has 1 aliphatic carbocycles. The van der Waals surface area contributed by atoms with Crippen LogP contribution in [0.25, 0.3) is 0 Å². The summed E-state index contributed by atoms with van der Waals surface area (Å²) in [6.07, 6.45) is 3.98. The molecule has 0 amide bonds. The molecule has 100 valence electrons. The van der Waals surface area contributed by atoms with Crippen molar-refractivity contribution in [2.45, 2.75) is 30.6 Å². The maximum absolute atomic E-state index is 11.7. The van der Waals surface area contributed by atoms with E-state index in [9.17, 15) is 8.42 Å². The molecule has 0 spiro atoms. The minimum absolute atomic E-state index is 0.0227. The van der Waals surface area contributed by atoms with Crippen molar-refractivity contribution in [2.75, 3.05) is 11.6 Å². The summed E-state index contributed by atoms with van der Waals surface area (Å²) in [5.74, 6) is 0. The van der Waals surface area contributed by atoms with Crippen LogP contribution in [0.3, 0.4) is 0 Å². The highest BCUT2D eigenvalue weighted by atomic mass is 127. The van der Waals surface area contributed by atoms with Gasteiger partial charge in [-0.1, -0.05) is 0 Å². The second kappa shape index (κ2) is 5.66. The maximum atomic E-state index is 11.7. The van der Waals surface area contributed by atoms with Crippen molar-refractivity contribution in [3.05, 3.63) is 26.2 Å². The standard InChI is InChI=1S/C12H15BrINO2S/c1-18(16,17)12-4-2-3-10(12)15-11-7-8(14)5-6-9(11)13/h5-7,10,12,15H,2-4H2,1H3. The van der Waals surface area contributed by atoms with Crippen LogP contribution in [0.2, 0.25) is 0 Å². The molecule has 0 heterocycles. The number of benzene rings is 1. The van der Waals surface area contributed by atoms with Crippen molar-refractivity contribution in [3.8, 4) is 0 Å². The summed E-state index contributed by atoms with van der Waals surface area (Å²) in [5.41, 5.74) is 0.974. The van der Waals surface area contributed by atoms with E-state index in [0.29, 0.717) is 0 Å². The summed E-state index contributed by atoms with van der Waals surface area (Å²) >= 11 is 5.74. The zero-order valence-electron chi connectivity index (χ0n) is 9.99. The van der Waals surface area contributed by atoms with Gasteiger partial charge in [0, 0.05) is 26.0 Å². The molecule has 1 aromatic rings. The number of hydrogen-bond donors (Lipinski definition) is 1. The lowest BCUT2D eigenvalue weighted by Gasteiger charge is -2.21. The number of rotatable bonds is 3. The molecular formula is C12H15BrINO2S. The van der Waals surface area contributed by atoms with E-state index in [1.165, 1.54) is 6.26 Å². The van der Waals surface area contributed by atoms with Gasteiger partial charge in [-0.3, -0.25) is 0 Å². The Labute approximate surface area is 130 Å². The predicted molar refractivity (Wildman–Crippen MR) is 86.8 cm³/mol. The molecule has 0 aliphatic heterocycles. The Morgan fingerprint density at radius 3 is 2.78 bits per heavy atom. The van der Waals surface area contributed by atoms with Gasteiger partial charge in [-0.25, -0.2) is 8.42 Å². The van der Waals surface area contributed by atoms with Crippen molar-refractivity contribution < 1.29 is 8.42 Å². The van der Waals surface area contributed by atoms with Crippen LogP contribution in [0.1, 0.15) is 19.3 Å². The van der Waals surface area contributed by atoms with Crippen molar-refractivity contribution in [2.24, 2.45) is 0 Å². The quantitative estimate of drug-likeness (QED) is 0.728. The first-order valence-corrected chi connectivity index (χ1v) is 9.61. The summed E-state index contributed by atoms with van der Waals surface area (Å²) in [4.78, 5) is 0. The molecule has 2 atom stereocenters. The summed E-state index contributed by atoms with van der Waals surface area (Å²) in [6.45, 7) is 0. The zero-order chi connectivity index (χ0) is 13.3. The van der Waals surface area contributed by atoms with Gasteiger partial charge in [0.2, 0.25) is 0 Å². The first kappa shape index (κ1) is 14.6. The highest BCUT2D eigenvalue weighted by Crippen LogP contribution is 2.31. The van der Waals surface area contributed by atoms with Crippen LogP contribution in [-0.2, 0) is 9.84 Å².